The van der Waals surface area contributed by atoms with E-state index in [0.717, 1.165) is 16.7 Å². The van der Waals surface area contributed by atoms with Gasteiger partial charge >= 0.3 is 0 Å². The van der Waals surface area contributed by atoms with E-state index in [4.69, 9.17) is 6.57 Å². The molecule has 0 fully saturated rings. The summed E-state index contributed by atoms with van der Waals surface area (Å²) < 4.78 is 0. The van der Waals surface area contributed by atoms with Gasteiger partial charge in [-0.25, -0.2) is 6.57 Å². The Balaban J connectivity index is 3.55. The molecule has 0 heterocycles. The molecule has 0 unspecified atom stereocenters. The lowest BCUT2D eigenvalue weighted by Crippen LogP contribution is -2.17. The van der Waals surface area contributed by atoms with Crippen LogP contribution in [0.5, 0.6) is 5.75 Å². The highest BCUT2D eigenvalue weighted by molar-refractivity contribution is 5.50. The van der Waals surface area contributed by atoms with E-state index in [9.17, 15) is 5.11 Å². The summed E-state index contributed by atoms with van der Waals surface area (Å²) in [5, 5.41) is 10.5. The summed E-state index contributed by atoms with van der Waals surface area (Å²) in [6, 6.07) is 3.92. The van der Waals surface area contributed by atoms with Crippen molar-refractivity contribution < 1.29 is 5.11 Å². The molecule has 98 valence electrons. The van der Waals surface area contributed by atoms with Crippen molar-refractivity contribution in [2.45, 2.75) is 58.9 Å². The summed E-state index contributed by atoms with van der Waals surface area (Å²) in [6.45, 7) is 19.9. The lowest BCUT2D eigenvalue weighted by molar-refractivity contribution is 0.423. The third kappa shape index (κ3) is 3.04. The number of benzene rings is 1. The fraction of sp³-hybridized carbons (Fsp3) is 0.562. The first-order valence-corrected chi connectivity index (χ1v) is 6.27. The van der Waals surface area contributed by atoms with Gasteiger partial charge in [-0.1, -0.05) is 41.5 Å². The van der Waals surface area contributed by atoms with Crippen LogP contribution < -0.4 is 0 Å². The molecule has 0 aliphatic carbocycles. The Hall–Kier alpha value is -1.49. The molecule has 0 saturated heterocycles. The number of hydrogen-bond acceptors (Lipinski definition) is 1. The van der Waals surface area contributed by atoms with Crippen molar-refractivity contribution in [2.75, 3.05) is 0 Å². The van der Waals surface area contributed by atoms with Gasteiger partial charge in [0.15, 0.2) is 0 Å². The molecule has 0 amide bonds. The van der Waals surface area contributed by atoms with Crippen LogP contribution in [0.2, 0.25) is 0 Å². The van der Waals surface area contributed by atoms with Crippen molar-refractivity contribution in [3.05, 3.63) is 40.2 Å². The minimum absolute atomic E-state index is 0.123. The molecule has 2 heteroatoms. The van der Waals surface area contributed by atoms with Gasteiger partial charge in [0.1, 0.15) is 5.75 Å². The Kier molecular flexibility index (Phi) is 3.76. The highest BCUT2D eigenvalue weighted by Crippen LogP contribution is 2.39. The molecule has 0 spiro atoms. The molecule has 1 aromatic rings. The first-order valence-electron chi connectivity index (χ1n) is 6.27. The number of phenolic OH excluding ortho intramolecular Hbond substituents is 1. The van der Waals surface area contributed by atoms with Crippen LogP contribution >= 0.6 is 0 Å². The summed E-state index contributed by atoms with van der Waals surface area (Å²) in [5.74, 6) is 0.378. The number of aromatic hydroxyl groups is 1. The highest BCUT2D eigenvalue weighted by Gasteiger charge is 2.26. The summed E-state index contributed by atoms with van der Waals surface area (Å²) in [5.41, 5.74) is 2.59. The average molecular weight is 245 g/mol. The van der Waals surface area contributed by atoms with Gasteiger partial charge in [-0.05, 0) is 23.0 Å². The van der Waals surface area contributed by atoms with Crippen LogP contribution in [-0.2, 0) is 17.4 Å². The van der Waals surface area contributed by atoms with Gasteiger partial charge in [0.25, 0.3) is 0 Å². The fourth-order valence-corrected chi connectivity index (χ4v) is 2.02. The van der Waals surface area contributed by atoms with Crippen molar-refractivity contribution in [3.8, 4) is 5.75 Å². The summed E-state index contributed by atoms with van der Waals surface area (Å²) in [4.78, 5) is 3.45. The van der Waals surface area contributed by atoms with Gasteiger partial charge in [0, 0.05) is 16.7 Å². The van der Waals surface area contributed by atoms with Gasteiger partial charge in [-0.3, -0.25) is 0 Å². The minimum atomic E-state index is -0.123. The Morgan fingerprint density at radius 3 is 1.67 bits per heavy atom. The number of hydrogen-bond donors (Lipinski definition) is 1. The Bertz CT molecular complexity index is 446. The average Bonchev–Trinajstić information content (AvgIpc) is 2.17. The van der Waals surface area contributed by atoms with Crippen molar-refractivity contribution in [1.29, 1.82) is 0 Å². The molecule has 18 heavy (non-hydrogen) atoms. The molecular weight excluding hydrogens is 222 g/mol. The zero-order chi connectivity index (χ0) is 14.1. The maximum atomic E-state index is 10.5. The second-order valence-corrected chi connectivity index (χ2v) is 6.86. The van der Waals surface area contributed by atoms with Gasteiger partial charge in [0.2, 0.25) is 6.54 Å². The maximum absolute atomic E-state index is 10.5. The fourth-order valence-electron chi connectivity index (χ4n) is 2.02. The molecule has 0 atom stereocenters. The van der Waals surface area contributed by atoms with E-state index in [-0.39, 0.29) is 10.8 Å². The third-order valence-electron chi connectivity index (χ3n) is 3.05. The van der Waals surface area contributed by atoms with Crippen LogP contribution in [0.25, 0.3) is 4.85 Å². The Morgan fingerprint density at radius 1 is 1.00 bits per heavy atom. The van der Waals surface area contributed by atoms with Gasteiger partial charge in [-0.2, -0.15) is 0 Å². The van der Waals surface area contributed by atoms with Gasteiger partial charge in [0.05, 0.1) is 0 Å². The van der Waals surface area contributed by atoms with Gasteiger partial charge in [-0.15, -0.1) is 0 Å². The molecule has 0 aliphatic rings. The topological polar surface area (TPSA) is 24.6 Å². The predicted octanol–water partition coefficient (Wildman–Crippen LogP) is 4.41. The van der Waals surface area contributed by atoms with Crippen LogP contribution in [0.4, 0.5) is 0 Å². The SMILES string of the molecule is [C-]#[N+]Cc1cc(C(C)(C)C)c(O)c(C(C)(C)C)c1. The molecule has 1 aromatic carbocycles. The number of rotatable bonds is 1. The maximum Gasteiger partial charge on any atom is 0.239 e. The van der Waals surface area contributed by atoms with Gasteiger partial charge < -0.3 is 9.95 Å². The summed E-state index contributed by atoms with van der Waals surface area (Å²) in [6.07, 6.45) is 0. The molecule has 1 N–H and O–H groups in total. The number of nitrogens with zero attached hydrogens (tertiary/aromatic N) is 1. The van der Waals surface area contributed by atoms with Crippen molar-refractivity contribution in [1.82, 2.24) is 0 Å². The molecule has 2 nitrogen and oxygen atoms in total. The predicted molar refractivity (Wildman–Crippen MR) is 75.8 cm³/mol. The first kappa shape index (κ1) is 14.6. The van der Waals surface area contributed by atoms with Crippen LogP contribution in [-0.4, -0.2) is 5.11 Å². The van der Waals surface area contributed by atoms with Crippen LogP contribution in [0.1, 0.15) is 58.2 Å². The molecule has 0 bridgehead atoms. The molecular formula is C16H23NO. The minimum Gasteiger partial charge on any atom is -0.507 e. The highest BCUT2D eigenvalue weighted by atomic mass is 16.3. The van der Waals surface area contributed by atoms with E-state index in [1.807, 2.05) is 12.1 Å². The summed E-state index contributed by atoms with van der Waals surface area (Å²) >= 11 is 0. The van der Waals surface area contributed by atoms with E-state index in [2.05, 4.69) is 46.4 Å². The molecule has 0 radical (unpaired) electrons. The Labute approximate surface area is 110 Å². The zero-order valence-corrected chi connectivity index (χ0v) is 12.3. The van der Waals surface area contributed by atoms with Crippen LogP contribution in [0.3, 0.4) is 0 Å². The molecule has 0 saturated carbocycles. The van der Waals surface area contributed by atoms with Crippen molar-refractivity contribution in [3.63, 3.8) is 0 Å². The molecule has 1 rings (SSSR count). The number of phenols is 1. The van der Waals surface area contributed by atoms with Crippen LogP contribution in [0, 0.1) is 6.57 Å². The lowest BCUT2D eigenvalue weighted by Gasteiger charge is -2.27. The van der Waals surface area contributed by atoms with E-state index >= 15 is 0 Å². The third-order valence-corrected chi connectivity index (χ3v) is 3.05. The molecule has 0 aromatic heterocycles. The van der Waals surface area contributed by atoms with Crippen molar-refractivity contribution in [2.24, 2.45) is 0 Å². The lowest BCUT2D eigenvalue weighted by atomic mass is 9.78. The van der Waals surface area contributed by atoms with Crippen LogP contribution in [0.15, 0.2) is 12.1 Å². The Morgan fingerprint density at radius 2 is 1.39 bits per heavy atom. The van der Waals surface area contributed by atoms with E-state index in [0.29, 0.717) is 12.3 Å². The largest absolute Gasteiger partial charge is 0.507 e. The second kappa shape index (κ2) is 4.65. The molecule has 0 aliphatic heterocycles. The quantitative estimate of drug-likeness (QED) is 0.728. The van der Waals surface area contributed by atoms with E-state index in [1.54, 1.807) is 0 Å². The van der Waals surface area contributed by atoms with Crippen molar-refractivity contribution >= 4 is 0 Å². The first-order chi connectivity index (χ1) is 8.07. The monoisotopic (exact) mass is 245 g/mol. The zero-order valence-electron chi connectivity index (χ0n) is 12.3. The normalized spacial score (nSPS) is 12.3. The second-order valence-electron chi connectivity index (χ2n) is 6.86. The van der Waals surface area contributed by atoms with E-state index < -0.39 is 0 Å². The summed E-state index contributed by atoms with van der Waals surface area (Å²) in [7, 11) is 0. The standard InChI is InChI=1S/C16H23NO/c1-15(2,3)12-8-11(10-17-7)9-13(14(12)18)16(4,5)6/h8-9,18H,10H2,1-6H3. The van der Waals surface area contributed by atoms with E-state index in [1.165, 1.54) is 0 Å². The smallest absolute Gasteiger partial charge is 0.239 e.